The van der Waals surface area contributed by atoms with Crippen LogP contribution in [-0.4, -0.2) is 120 Å². The molecule has 1 atom stereocenters. The fraction of sp³-hybridized carbons (Fsp3) is 0.247. The largest absolute Gasteiger partial charge is 0.338 e. The highest BCUT2D eigenvalue weighted by Crippen LogP contribution is 2.33. The van der Waals surface area contributed by atoms with Gasteiger partial charge in [0.25, 0.3) is 23.6 Å². The molecule has 1 unspecified atom stereocenters. The summed E-state index contributed by atoms with van der Waals surface area (Å²) in [5.74, 6) is -1.82. The van der Waals surface area contributed by atoms with E-state index in [0.29, 0.717) is 106 Å². The van der Waals surface area contributed by atoms with Gasteiger partial charge in [0.15, 0.2) is 0 Å². The van der Waals surface area contributed by atoms with Gasteiger partial charge in [0.05, 0.1) is 11.4 Å². The number of urea groups is 3. The zero-order valence-electron chi connectivity index (χ0n) is 59.9. The second-order valence-electron chi connectivity index (χ2n) is 27.5. The normalized spacial score (nSPS) is 14.5. The number of para-hydroxylation sites is 1. The Morgan fingerprint density at radius 3 is 1.25 bits per heavy atom. The molecule has 4 aliphatic heterocycles. The molecular formula is C85H87N11O12. The van der Waals surface area contributed by atoms with Crippen molar-refractivity contribution in [2.45, 2.75) is 109 Å². The maximum Gasteiger partial charge on any atom is 0.322 e. The number of carbonyl (C=O) groups is 8. The molecule has 1 fully saturated rings. The van der Waals surface area contributed by atoms with Crippen LogP contribution in [0.3, 0.4) is 0 Å². The predicted molar refractivity (Wildman–Crippen MR) is 410 cm³/mol. The first kappa shape index (κ1) is 75.4. The highest BCUT2D eigenvalue weighted by atomic mass is 16.5. The quantitative estimate of drug-likeness (QED) is 0.0425. The second-order valence-corrected chi connectivity index (χ2v) is 27.5. The highest BCUT2D eigenvalue weighted by molar-refractivity contribution is 6.02. The Morgan fingerprint density at radius 1 is 0.380 bits per heavy atom. The Kier molecular flexibility index (Phi) is 24.9. The smallest absolute Gasteiger partial charge is 0.322 e. The maximum absolute atomic E-state index is 13.0. The minimum atomic E-state index is -0.537. The van der Waals surface area contributed by atoms with E-state index in [1.807, 2.05) is 143 Å². The molecule has 15 rings (SSSR count). The molecular weight excluding hydrogens is 1370 g/mol. The number of fused-ring (bicyclic) bond motifs is 6. The summed E-state index contributed by atoms with van der Waals surface area (Å²) in [4.78, 5) is 104. The Morgan fingerprint density at radius 2 is 0.759 bits per heavy atom. The maximum atomic E-state index is 13.0. The Hall–Kier alpha value is -12.3. The van der Waals surface area contributed by atoms with Crippen molar-refractivity contribution in [3.05, 3.63) is 285 Å². The van der Waals surface area contributed by atoms with Gasteiger partial charge in [0, 0.05) is 98.0 Å². The number of nitrogens with one attached hydrogen (secondary N) is 7. The van der Waals surface area contributed by atoms with Crippen LogP contribution >= 0.6 is 0 Å². The lowest BCUT2D eigenvalue weighted by atomic mass is 9.91. The molecule has 0 bridgehead atoms. The van der Waals surface area contributed by atoms with Gasteiger partial charge < -0.3 is 35.6 Å². The van der Waals surface area contributed by atoms with Crippen molar-refractivity contribution < 1.29 is 59.2 Å². The van der Waals surface area contributed by atoms with Crippen molar-refractivity contribution in [1.82, 2.24) is 46.8 Å². The van der Waals surface area contributed by atoms with Crippen molar-refractivity contribution in [2.24, 2.45) is 0 Å². The van der Waals surface area contributed by atoms with Crippen LogP contribution in [0.1, 0.15) is 143 Å². The molecule has 0 spiro atoms. The first-order valence-electron chi connectivity index (χ1n) is 36.3. The Labute approximate surface area is 625 Å². The molecule has 0 radical (unpaired) electrons. The molecule has 1 aliphatic carbocycles. The summed E-state index contributed by atoms with van der Waals surface area (Å²) in [5, 5.41) is 48.7. The van der Waals surface area contributed by atoms with Crippen molar-refractivity contribution in [3.63, 3.8) is 0 Å². The molecule has 108 heavy (non-hydrogen) atoms. The molecule has 5 aliphatic rings. The SMILES string of the molecule is CC(CC(=O)N1CCc2cc(C(=O)NO)ccc2C1)c1cccc2ccccc12.O=C(NO)c1ccc2c(c1)CCN(C(=O)NC1CCCCC1)C2.O=C(NO)c1ccc2c(c1)CCN(C(=O)Nc1cccc3ccccc13)C2.O=C(NO)c1ccc2c(c1)CCN(C(=O)Nc1ccccc1-c1ccccc1)C2. The molecule has 23 heteroatoms. The van der Waals surface area contributed by atoms with Crippen LogP contribution in [-0.2, 0) is 56.7 Å². The monoisotopic (exact) mass is 1450 g/mol. The van der Waals surface area contributed by atoms with Crippen LogP contribution in [0.5, 0.6) is 0 Å². The number of amides is 11. The van der Waals surface area contributed by atoms with Crippen molar-refractivity contribution in [1.29, 1.82) is 0 Å². The first-order chi connectivity index (χ1) is 52.5. The van der Waals surface area contributed by atoms with Gasteiger partial charge in [-0.1, -0.05) is 178 Å². The predicted octanol–water partition coefficient (Wildman–Crippen LogP) is 13.9. The van der Waals surface area contributed by atoms with E-state index in [0.717, 1.165) is 97.0 Å². The van der Waals surface area contributed by atoms with Gasteiger partial charge in [-0.25, -0.2) is 36.3 Å². The van der Waals surface area contributed by atoms with Gasteiger partial charge in [-0.3, -0.25) is 44.8 Å². The van der Waals surface area contributed by atoms with Gasteiger partial charge >= 0.3 is 18.1 Å². The van der Waals surface area contributed by atoms with E-state index in [-0.39, 0.29) is 29.9 Å². The van der Waals surface area contributed by atoms with Crippen molar-refractivity contribution in [2.75, 3.05) is 36.8 Å². The first-order valence-corrected chi connectivity index (χ1v) is 36.3. The Bertz CT molecular complexity index is 4960. The van der Waals surface area contributed by atoms with Crippen LogP contribution in [0, 0.1) is 0 Å². The average Bonchev–Trinajstić information content (AvgIpc) is 0.836. The van der Waals surface area contributed by atoms with E-state index < -0.39 is 23.6 Å². The van der Waals surface area contributed by atoms with Gasteiger partial charge in [0.1, 0.15) is 0 Å². The minimum Gasteiger partial charge on any atom is -0.338 e. The topological polar surface area (TPSA) is 315 Å². The summed E-state index contributed by atoms with van der Waals surface area (Å²) in [5.41, 5.74) is 21.3. The molecule has 554 valence electrons. The van der Waals surface area contributed by atoms with Crippen molar-refractivity contribution >= 4 is 80.5 Å². The average molecular weight is 1450 g/mol. The van der Waals surface area contributed by atoms with Crippen LogP contribution in [0.4, 0.5) is 25.8 Å². The number of rotatable bonds is 11. The van der Waals surface area contributed by atoms with E-state index in [1.165, 1.54) is 35.6 Å². The third-order valence-corrected chi connectivity index (χ3v) is 20.6. The van der Waals surface area contributed by atoms with Crippen LogP contribution in [0.15, 0.2) is 212 Å². The number of carbonyl (C=O) groups excluding carboxylic acids is 8. The van der Waals surface area contributed by atoms with Gasteiger partial charge in [-0.2, -0.15) is 0 Å². The molecule has 4 heterocycles. The summed E-state index contributed by atoms with van der Waals surface area (Å²) in [7, 11) is 0. The highest BCUT2D eigenvalue weighted by Gasteiger charge is 2.29. The number of hydroxylamine groups is 4. The number of benzene rings is 10. The van der Waals surface area contributed by atoms with E-state index in [1.54, 1.807) is 80.3 Å². The zero-order valence-corrected chi connectivity index (χ0v) is 59.9. The van der Waals surface area contributed by atoms with Crippen LogP contribution in [0.25, 0.3) is 32.7 Å². The van der Waals surface area contributed by atoms with Crippen LogP contribution < -0.4 is 37.9 Å². The summed E-state index contributed by atoms with van der Waals surface area (Å²) in [6, 6.07) is 67.2. The summed E-state index contributed by atoms with van der Waals surface area (Å²) >= 11 is 0. The van der Waals surface area contributed by atoms with Crippen LogP contribution in [0.2, 0.25) is 0 Å². The lowest BCUT2D eigenvalue weighted by molar-refractivity contribution is -0.132. The standard InChI is InChI=1S/C24H24N2O3.C23H21N3O3.C21H19N3O3.C17H23N3O3/c1-16(21-8-4-6-17-5-2-3-7-22(17)21)13-23(27)26-12-11-18-14-19(24(28)25-29)9-10-20(18)15-26;27-22(25-29)18-10-11-19-15-26(13-12-17(19)14-18)23(28)24-21-9-5-4-8-20(21)16-6-2-1-3-7-16;25-20(23-27)16-8-9-17-13-24(11-10-15(17)12-16)21(26)22-19-7-3-5-14-4-1-2-6-18(14)19;21-16(19-23)13-6-7-14-11-20(9-8-12(14)10-13)17(22)18-15-4-2-1-3-5-15/h2-10,14,16,29H,11-13,15H2,1H3,(H,25,28);1-11,14,29H,12-13,15H2,(H,24,28)(H,25,27);1-9,12,27H,10-11,13H2,(H,22,26)(H,23,25);6-7,10,15,23H,1-5,8-9,11H2,(H,18,22)(H,19,21). The molecule has 11 amide bonds. The minimum absolute atomic E-state index is 0.0136. The number of nitrogens with zero attached hydrogens (tertiary/aromatic N) is 4. The molecule has 0 aromatic heterocycles. The van der Waals surface area contributed by atoms with Gasteiger partial charge in [-0.05, 0) is 177 Å². The third-order valence-electron chi connectivity index (χ3n) is 20.6. The summed E-state index contributed by atoms with van der Waals surface area (Å²) in [6.45, 7) is 6.57. The molecule has 23 nitrogen and oxygen atoms in total. The molecule has 10 aromatic rings. The number of hydrogen-bond donors (Lipinski definition) is 11. The lowest BCUT2D eigenvalue weighted by Gasteiger charge is -2.32. The fourth-order valence-electron chi connectivity index (χ4n) is 14.6. The molecule has 11 N–H and O–H groups in total. The van der Waals surface area contributed by atoms with Gasteiger partial charge in [-0.15, -0.1) is 0 Å². The zero-order chi connectivity index (χ0) is 75.6. The fourth-order valence-corrected chi connectivity index (χ4v) is 14.6. The lowest BCUT2D eigenvalue weighted by Crippen LogP contribution is -2.47. The van der Waals surface area contributed by atoms with E-state index in [4.69, 9.17) is 20.8 Å². The Balaban J connectivity index is 0.000000135. The number of hydrogen-bond acceptors (Lipinski definition) is 12. The summed E-state index contributed by atoms with van der Waals surface area (Å²) < 4.78 is 0. The van der Waals surface area contributed by atoms with Crippen molar-refractivity contribution in [3.8, 4) is 11.1 Å². The van der Waals surface area contributed by atoms with Gasteiger partial charge in [0.2, 0.25) is 5.91 Å². The second kappa shape index (κ2) is 35.7. The molecule has 10 aromatic carbocycles. The molecule has 0 saturated heterocycles. The number of anilines is 2. The third kappa shape index (κ3) is 18.5. The van der Waals surface area contributed by atoms with E-state index in [9.17, 15) is 38.4 Å². The van der Waals surface area contributed by atoms with E-state index >= 15 is 0 Å². The molecule has 1 saturated carbocycles. The summed E-state index contributed by atoms with van der Waals surface area (Å²) in [6.07, 6.45) is 9.02. The van der Waals surface area contributed by atoms with E-state index in [2.05, 4.69) is 53.2 Å².